The summed E-state index contributed by atoms with van der Waals surface area (Å²) in [7, 11) is 0. The third-order valence-corrected chi connectivity index (χ3v) is 3.05. The predicted octanol–water partition coefficient (Wildman–Crippen LogP) is 3.03. The zero-order valence-electron chi connectivity index (χ0n) is 8.55. The molecule has 2 nitrogen and oxygen atoms in total. The molecule has 78 valence electrons. The van der Waals surface area contributed by atoms with Gasteiger partial charge in [-0.3, -0.25) is 4.79 Å². The number of carbonyl (C=O) groups is 1. The Morgan fingerprint density at radius 3 is 2.75 bits per heavy atom. The van der Waals surface area contributed by atoms with Crippen LogP contribution in [0.3, 0.4) is 0 Å². The number of benzene rings is 2. The van der Waals surface area contributed by atoms with Crippen LogP contribution in [-0.4, -0.2) is 11.1 Å². The van der Waals surface area contributed by atoms with Gasteiger partial charge in [-0.1, -0.05) is 48.6 Å². The molecule has 3 rings (SSSR count). The largest absolute Gasteiger partial charge is 0.481 e. The first kappa shape index (κ1) is 9.16. The first-order chi connectivity index (χ1) is 7.77. The van der Waals surface area contributed by atoms with E-state index >= 15 is 0 Å². The molecule has 0 saturated carbocycles. The molecule has 1 N–H and O–H groups in total. The van der Waals surface area contributed by atoms with Gasteiger partial charge in [-0.2, -0.15) is 0 Å². The maximum Gasteiger partial charge on any atom is 0.314 e. The normalized spacial score (nSPS) is 17.6. The van der Waals surface area contributed by atoms with E-state index in [2.05, 4.69) is 0 Å². The molecule has 0 aromatic heterocycles. The molecule has 0 bridgehead atoms. The smallest absolute Gasteiger partial charge is 0.314 e. The summed E-state index contributed by atoms with van der Waals surface area (Å²) >= 11 is 0. The van der Waals surface area contributed by atoms with Gasteiger partial charge in [-0.25, -0.2) is 0 Å². The number of fused-ring (bicyclic) bond motifs is 3. The first-order valence-corrected chi connectivity index (χ1v) is 5.20. The number of hydrogen-bond donors (Lipinski definition) is 1. The van der Waals surface area contributed by atoms with Crippen molar-refractivity contribution in [1.29, 1.82) is 0 Å². The highest BCUT2D eigenvalue weighted by Gasteiger charge is 2.25. The van der Waals surface area contributed by atoms with Gasteiger partial charge in [0, 0.05) is 0 Å². The molecule has 0 aliphatic heterocycles. The zero-order valence-corrected chi connectivity index (χ0v) is 8.55. The van der Waals surface area contributed by atoms with E-state index in [1.807, 2.05) is 42.5 Å². The predicted molar refractivity (Wildman–Crippen MR) is 63.4 cm³/mol. The molecule has 0 radical (unpaired) electrons. The fourth-order valence-corrected chi connectivity index (χ4v) is 2.31. The molecule has 16 heavy (non-hydrogen) atoms. The van der Waals surface area contributed by atoms with Crippen molar-refractivity contribution in [3.8, 4) is 0 Å². The second-order valence-electron chi connectivity index (χ2n) is 3.96. The monoisotopic (exact) mass is 210 g/mol. The quantitative estimate of drug-likeness (QED) is 0.785. The molecule has 1 unspecified atom stereocenters. The molecule has 0 amide bonds. The zero-order chi connectivity index (χ0) is 11.1. The van der Waals surface area contributed by atoms with Gasteiger partial charge >= 0.3 is 5.97 Å². The minimum atomic E-state index is -0.786. The summed E-state index contributed by atoms with van der Waals surface area (Å²) in [6.45, 7) is 0. The Kier molecular flexibility index (Phi) is 1.83. The Balaban J connectivity index is 2.35. The van der Waals surface area contributed by atoms with E-state index in [0.29, 0.717) is 0 Å². The fraction of sp³-hybridized carbons (Fsp3) is 0.0714. The number of carboxylic acids is 1. The van der Waals surface area contributed by atoms with Crippen molar-refractivity contribution in [2.45, 2.75) is 5.92 Å². The third-order valence-electron chi connectivity index (χ3n) is 3.05. The van der Waals surface area contributed by atoms with Crippen LogP contribution in [0, 0.1) is 0 Å². The lowest BCUT2D eigenvalue weighted by Gasteiger charge is -2.09. The van der Waals surface area contributed by atoms with Crippen LogP contribution in [0.2, 0.25) is 0 Å². The minimum Gasteiger partial charge on any atom is -0.481 e. The average molecular weight is 210 g/mol. The van der Waals surface area contributed by atoms with Crippen LogP contribution in [-0.2, 0) is 4.79 Å². The Morgan fingerprint density at radius 2 is 1.94 bits per heavy atom. The van der Waals surface area contributed by atoms with Gasteiger partial charge < -0.3 is 5.11 Å². The van der Waals surface area contributed by atoms with Gasteiger partial charge in [0.05, 0.1) is 0 Å². The average Bonchev–Trinajstić information content (AvgIpc) is 2.73. The van der Waals surface area contributed by atoms with Gasteiger partial charge in [0.25, 0.3) is 0 Å². The molecule has 2 heteroatoms. The highest BCUT2D eigenvalue weighted by molar-refractivity contribution is 5.97. The first-order valence-electron chi connectivity index (χ1n) is 5.20. The lowest BCUT2D eigenvalue weighted by Crippen LogP contribution is -2.07. The number of aliphatic carboxylic acids is 1. The van der Waals surface area contributed by atoms with Crippen molar-refractivity contribution in [3.63, 3.8) is 0 Å². The second kappa shape index (κ2) is 3.20. The lowest BCUT2D eigenvalue weighted by atomic mass is 9.94. The lowest BCUT2D eigenvalue weighted by molar-refractivity contribution is -0.137. The highest BCUT2D eigenvalue weighted by atomic mass is 16.4. The molecule has 0 saturated heterocycles. The summed E-state index contributed by atoms with van der Waals surface area (Å²) < 4.78 is 0. The van der Waals surface area contributed by atoms with Gasteiger partial charge in [0.1, 0.15) is 5.92 Å². The standard InChI is InChI=1S/C14H10O2/c15-14(16)12-8-7-10-6-5-9-3-1-2-4-11(9)13(10)12/h1-8,12H,(H,15,16). The van der Waals surface area contributed by atoms with Crippen molar-refractivity contribution < 1.29 is 9.90 Å². The fourth-order valence-electron chi connectivity index (χ4n) is 2.31. The summed E-state index contributed by atoms with van der Waals surface area (Å²) in [5, 5.41) is 11.3. The van der Waals surface area contributed by atoms with E-state index in [9.17, 15) is 4.79 Å². The molecule has 0 spiro atoms. The van der Waals surface area contributed by atoms with Crippen LogP contribution in [0.4, 0.5) is 0 Å². The van der Waals surface area contributed by atoms with Gasteiger partial charge in [0.2, 0.25) is 0 Å². The summed E-state index contributed by atoms with van der Waals surface area (Å²) in [6, 6.07) is 11.9. The van der Waals surface area contributed by atoms with Crippen molar-refractivity contribution in [2.75, 3.05) is 0 Å². The SMILES string of the molecule is O=C(O)C1C=Cc2ccc3ccccc3c21. The van der Waals surface area contributed by atoms with Crippen LogP contribution in [0.15, 0.2) is 42.5 Å². The van der Waals surface area contributed by atoms with E-state index in [0.717, 1.165) is 21.9 Å². The molecular weight excluding hydrogens is 200 g/mol. The Hall–Kier alpha value is -2.09. The molecule has 1 aliphatic rings. The van der Waals surface area contributed by atoms with E-state index in [-0.39, 0.29) is 0 Å². The van der Waals surface area contributed by atoms with Crippen LogP contribution in [0.5, 0.6) is 0 Å². The van der Waals surface area contributed by atoms with Crippen molar-refractivity contribution in [1.82, 2.24) is 0 Å². The molecular formula is C14H10O2. The topological polar surface area (TPSA) is 37.3 Å². The Morgan fingerprint density at radius 1 is 1.12 bits per heavy atom. The number of hydrogen-bond acceptors (Lipinski definition) is 1. The Labute approximate surface area is 92.8 Å². The van der Waals surface area contributed by atoms with Gasteiger partial charge in [0.15, 0.2) is 0 Å². The second-order valence-corrected chi connectivity index (χ2v) is 3.96. The van der Waals surface area contributed by atoms with Crippen LogP contribution < -0.4 is 0 Å². The molecule has 0 heterocycles. The van der Waals surface area contributed by atoms with Gasteiger partial charge in [-0.05, 0) is 21.9 Å². The molecule has 0 fully saturated rings. The summed E-state index contributed by atoms with van der Waals surface area (Å²) in [5.41, 5.74) is 1.94. The molecule has 2 aromatic carbocycles. The van der Waals surface area contributed by atoms with Crippen molar-refractivity contribution in [2.24, 2.45) is 0 Å². The summed E-state index contributed by atoms with van der Waals surface area (Å²) in [4.78, 5) is 11.2. The molecule has 1 aliphatic carbocycles. The Bertz CT molecular complexity index is 611. The van der Waals surface area contributed by atoms with Crippen molar-refractivity contribution >= 4 is 22.8 Å². The van der Waals surface area contributed by atoms with E-state index in [1.165, 1.54) is 0 Å². The summed E-state index contributed by atoms with van der Waals surface area (Å²) in [5.74, 6) is -1.28. The van der Waals surface area contributed by atoms with E-state index in [1.54, 1.807) is 6.08 Å². The van der Waals surface area contributed by atoms with Crippen molar-refractivity contribution in [3.05, 3.63) is 53.6 Å². The number of rotatable bonds is 1. The summed E-state index contributed by atoms with van der Waals surface area (Å²) in [6.07, 6.45) is 3.64. The molecule has 1 atom stereocenters. The van der Waals surface area contributed by atoms with Crippen LogP contribution in [0.1, 0.15) is 17.0 Å². The van der Waals surface area contributed by atoms with Crippen LogP contribution in [0.25, 0.3) is 16.8 Å². The maximum atomic E-state index is 11.2. The third kappa shape index (κ3) is 1.16. The number of carboxylic acid groups (broad SMARTS) is 1. The van der Waals surface area contributed by atoms with E-state index in [4.69, 9.17) is 5.11 Å². The van der Waals surface area contributed by atoms with E-state index < -0.39 is 11.9 Å². The molecule has 2 aromatic rings. The maximum absolute atomic E-state index is 11.2. The minimum absolute atomic E-state index is 0.499. The highest BCUT2D eigenvalue weighted by Crippen LogP contribution is 2.35. The van der Waals surface area contributed by atoms with Gasteiger partial charge in [-0.15, -0.1) is 0 Å². The van der Waals surface area contributed by atoms with Crippen LogP contribution >= 0.6 is 0 Å².